The van der Waals surface area contributed by atoms with Gasteiger partial charge in [-0.1, -0.05) is 72.8 Å². The van der Waals surface area contributed by atoms with Crippen molar-refractivity contribution < 1.29 is 14.3 Å². The molecule has 0 radical (unpaired) electrons. The third kappa shape index (κ3) is 11.4. The summed E-state index contributed by atoms with van der Waals surface area (Å²) in [6.07, 6.45) is 6.45. The van der Waals surface area contributed by atoms with Crippen LogP contribution in [-0.4, -0.2) is 63.0 Å². The lowest BCUT2D eigenvalue weighted by atomic mass is 9.81. The van der Waals surface area contributed by atoms with Crippen LogP contribution in [0.1, 0.15) is 65.6 Å². The molecule has 6 aromatic rings. The Morgan fingerprint density at radius 2 is 1.01 bits per heavy atom. The van der Waals surface area contributed by atoms with Gasteiger partial charge in [0, 0.05) is 75.2 Å². The van der Waals surface area contributed by atoms with Crippen molar-refractivity contribution in [1.82, 2.24) is 0 Å². The third-order valence-corrected chi connectivity index (χ3v) is 13.9. The van der Waals surface area contributed by atoms with Crippen LogP contribution in [0.15, 0.2) is 162 Å². The molecule has 0 bridgehead atoms. The molecule has 4 heterocycles. The summed E-state index contributed by atoms with van der Waals surface area (Å²) in [6, 6.07) is 51.9. The van der Waals surface area contributed by atoms with E-state index in [0.717, 1.165) is 91.1 Å². The normalized spacial score (nSPS) is 16.8. The number of aliphatic imine (C=N–C) groups is 1. The maximum atomic E-state index is 13.1. The number of nitriles is 3. The van der Waals surface area contributed by atoms with Gasteiger partial charge in [-0.05, 0) is 127 Å². The van der Waals surface area contributed by atoms with Crippen LogP contribution in [-0.2, 0) is 0 Å². The number of hydrogen-bond donors (Lipinski definition) is 0. The van der Waals surface area contributed by atoms with Gasteiger partial charge in [-0.25, -0.2) is 0 Å². The minimum absolute atomic E-state index is 0.141. The molecular formula is C58H55N7O3Si. The summed E-state index contributed by atoms with van der Waals surface area (Å²) in [7, 11) is -1.21. The minimum atomic E-state index is -1.21. The number of carbonyl (C=O) groups is 1. The van der Waals surface area contributed by atoms with Crippen LogP contribution in [0.5, 0.6) is 11.5 Å². The fraction of sp³-hybridized carbons (Fsp3) is 0.259. The molecule has 2 spiro atoms. The van der Waals surface area contributed by atoms with Gasteiger partial charge in [-0.3, -0.25) is 9.45 Å². The zero-order chi connectivity index (χ0) is 48.4. The summed E-state index contributed by atoms with van der Waals surface area (Å²) < 4.78 is 17.1. The highest BCUT2D eigenvalue weighted by Crippen LogP contribution is 2.43. The van der Waals surface area contributed by atoms with Crippen molar-refractivity contribution >= 4 is 37.0 Å². The van der Waals surface area contributed by atoms with E-state index < -0.39 is 13.8 Å². The molecule has 4 aliphatic rings. The summed E-state index contributed by atoms with van der Waals surface area (Å²) in [5.41, 5.74) is 9.02. The highest BCUT2D eigenvalue weighted by molar-refractivity contribution is 6.75. The van der Waals surface area contributed by atoms with E-state index in [-0.39, 0.29) is 11.4 Å². The van der Waals surface area contributed by atoms with Crippen molar-refractivity contribution in [2.75, 3.05) is 36.0 Å². The lowest BCUT2D eigenvalue weighted by Crippen LogP contribution is -2.51. The van der Waals surface area contributed by atoms with E-state index in [9.17, 15) is 15.3 Å². The van der Waals surface area contributed by atoms with Crippen molar-refractivity contribution in [1.29, 1.82) is 15.8 Å². The largest absolute Gasteiger partial charge is 0.486 e. The number of fused-ring (bicyclic) bond motifs is 2. The Morgan fingerprint density at radius 3 is 1.45 bits per heavy atom. The third-order valence-electron chi connectivity index (χ3n) is 13.0. The van der Waals surface area contributed by atoms with Crippen molar-refractivity contribution in [3.05, 3.63) is 174 Å². The second-order valence-corrected chi connectivity index (χ2v) is 23.5. The zero-order valence-electron chi connectivity index (χ0n) is 39.5. The van der Waals surface area contributed by atoms with Gasteiger partial charge < -0.3 is 19.3 Å². The smallest absolute Gasteiger partial charge is 0.205 e. The number of para-hydroxylation sites is 2. The van der Waals surface area contributed by atoms with Gasteiger partial charge in [0.15, 0.2) is 14.0 Å². The average Bonchev–Trinajstić information content (AvgIpc) is 3.37. The lowest BCUT2D eigenvalue weighted by Gasteiger charge is -2.45. The number of anilines is 2. The molecule has 0 atom stereocenters. The van der Waals surface area contributed by atoms with E-state index in [0.29, 0.717) is 35.3 Å². The maximum absolute atomic E-state index is 13.1. The van der Waals surface area contributed by atoms with Crippen molar-refractivity contribution in [3.63, 3.8) is 0 Å². The van der Waals surface area contributed by atoms with Gasteiger partial charge in [0.2, 0.25) is 6.19 Å². The zero-order valence-corrected chi connectivity index (χ0v) is 40.5. The summed E-state index contributed by atoms with van der Waals surface area (Å²) in [4.78, 5) is 22.0. The molecule has 6 aromatic carbocycles. The highest BCUT2D eigenvalue weighted by Gasteiger charge is 2.44. The number of nitrogens with zero attached hydrogens (tertiary/aromatic N) is 7. The molecule has 11 heteroatoms. The van der Waals surface area contributed by atoms with E-state index in [1.807, 2.05) is 91.1 Å². The summed E-state index contributed by atoms with van der Waals surface area (Å²) in [6.45, 7) is 13.4. The predicted molar refractivity (Wildman–Crippen MR) is 278 cm³/mol. The van der Waals surface area contributed by atoms with Crippen LogP contribution in [0.4, 0.5) is 11.4 Å². The van der Waals surface area contributed by atoms with Crippen LogP contribution in [0.3, 0.4) is 0 Å². The van der Waals surface area contributed by atoms with Gasteiger partial charge in [0.25, 0.3) is 0 Å². The van der Waals surface area contributed by atoms with Gasteiger partial charge in [-0.15, -0.1) is 0 Å². The quantitative estimate of drug-likeness (QED) is 0.0946. The average molecular weight is 926 g/mol. The molecule has 4 aliphatic heterocycles. The number of piperidine rings is 2. The number of carbonyl (C=O) groups excluding carboxylic acids is 1. The van der Waals surface area contributed by atoms with E-state index in [1.165, 1.54) is 11.4 Å². The summed E-state index contributed by atoms with van der Waals surface area (Å²) in [5, 5.41) is 27.7. The van der Waals surface area contributed by atoms with Crippen molar-refractivity contribution in [2.45, 2.75) is 69.4 Å². The Morgan fingerprint density at radius 1 is 0.565 bits per heavy atom. The van der Waals surface area contributed by atoms with Crippen LogP contribution < -0.4 is 19.3 Å². The Bertz CT molecular complexity index is 3030. The molecule has 10 rings (SSSR count). The number of ketones is 1. The van der Waals surface area contributed by atoms with Crippen LogP contribution in [0.25, 0.3) is 22.3 Å². The second kappa shape index (κ2) is 20.9. The van der Waals surface area contributed by atoms with E-state index in [2.05, 4.69) is 112 Å². The molecule has 69 heavy (non-hydrogen) atoms. The summed E-state index contributed by atoms with van der Waals surface area (Å²) >= 11 is 0. The first-order valence-electron chi connectivity index (χ1n) is 23.4. The molecule has 10 nitrogen and oxygen atoms in total. The van der Waals surface area contributed by atoms with Crippen LogP contribution >= 0.6 is 0 Å². The molecule has 0 aromatic heterocycles. The van der Waals surface area contributed by atoms with Gasteiger partial charge in [0.1, 0.15) is 22.7 Å². The van der Waals surface area contributed by atoms with Gasteiger partial charge >= 0.3 is 0 Å². The number of ether oxygens (including phenoxy) is 2. The Kier molecular flexibility index (Phi) is 14.4. The molecule has 2 fully saturated rings. The number of rotatable bonds is 5. The maximum Gasteiger partial charge on any atom is 0.205 e. The number of hydrogen-bond acceptors (Lipinski definition) is 10. The lowest BCUT2D eigenvalue weighted by molar-refractivity contribution is 0.0232. The first kappa shape index (κ1) is 47.5. The molecular weight excluding hydrogens is 871 g/mol. The van der Waals surface area contributed by atoms with Gasteiger partial charge in [-0.2, -0.15) is 20.8 Å². The Hall–Kier alpha value is -8.00. The monoisotopic (exact) mass is 925 g/mol. The van der Waals surface area contributed by atoms with Crippen LogP contribution in [0.2, 0.25) is 19.6 Å². The van der Waals surface area contributed by atoms with Crippen molar-refractivity contribution in [2.24, 2.45) is 9.65 Å². The number of Topliss-reactive ketones (excluding diaryl/α,β-unsaturated/α-hetero) is 1. The first-order chi connectivity index (χ1) is 33.4. The van der Waals surface area contributed by atoms with Crippen molar-refractivity contribution in [3.8, 4) is 52.1 Å². The second-order valence-electron chi connectivity index (χ2n) is 18.9. The van der Waals surface area contributed by atoms with E-state index in [4.69, 9.17) is 14.7 Å². The molecule has 344 valence electrons. The molecule has 0 N–H and O–H groups in total. The summed E-state index contributed by atoms with van der Waals surface area (Å²) in [5.74, 6) is 4.14. The number of benzene rings is 6. The molecule has 0 aliphatic carbocycles. The fourth-order valence-corrected chi connectivity index (χ4v) is 9.96. The SMILES string of the molecule is C=C=N[Si](C)(C)C.N#CN=C1CC2(CCN(c3ccccc3)CC2)Oc2ccc(-c3cccc(C#N)c3)cc21.N#Cc1cccc(-c2ccc3c(c2)C(=O)CC2(CCN(c4ccccc4)CC2)O3)c1. The predicted octanol–water partition coefficient (Wildman–Crippen LogP) is 12.2. The topological polar surface area (TPSA) is 138 Å². The van der Waals surface area contributed by atoms with E-state index in [1.54, 1.807) is 12.1 Å². The minimum Gasteiger partial charge on any atom is -0.486 e. The molecule has 0 amide bonds. The van der Waals surface area contributed by atoms with Crippen LogP contribution in [0, 0.1) is 34.1 Å². The fourth-order valence-electron chi connectivity index (χ4n) is 9.48. The standard InChI is InChI=1S/C27H22N4O.C26H22N2O2.C5H11NSi/c28-18-20-5-4-6-21(15-20)22-9-10-26-24(16-22)25(30-19-29)17-27(32-26)11-13-31(14-12-27)23-7-2-1-3-8-23;27-18-19-5-4-6-20(15-19)21-9-10-25-23(16-21)24(29)17-26(30-25)11-13-28(14-12-26)22-7-2-1-3-8-22;1-5-6-7(2,3)4/h1-10,15-16H,11-14,17H2;1-10,15-16H,11-14,17H2;1H2,2-4H3. The molecule has 0 unspecified atom stereocenters. The first-order valence-corrected chi connectivity index (χ1v) is 26.9. The Labute approximate surface area is 406 Å². The Balaban J connectivity index is 0.000000164. The van der Waals surface area contributed by atoms with Gasteiger partial charge in [0.05, 0.1) is 41.0 Å². The molecule has 2 saturated heterocycles. The van der Waals surface area contributed by atoms with E-state index >= 15 is 0 Å². The highest BCUT2D eigenvalue weighted by atomic mass is 28.3. The molecule has 0 saturated carbocycles.